The molecule has 0 unspecified atom stereocenters. The Morgan fingerprint density at radius 1 is 1.14 bits per heavy atom. The van der Waals surface area contributed by atoms with Gasteiger partial charge in [0.05, 0.1) is 31.1 Å². The molecule has 0 spiro atoms. The second-order valence-corrected chi connectivity index (χ2v) is 9.10. The molecule has 3 aromatic rings. The summed E-state index contributed by atoms with van der Waals surface area (Å²) in [5, 5.41) is 2.83. The number of fused-ring (bicyclic) bond motifs is 4. The topological polar surface area (TPSA) is 99.6 Å². The highest BCUT2D eigenvalue weighted by Gasteiger charge is 2.41. The smallest absolute Gasteiger partial charge is 0.329 e. The van der Waals surface area contributed by atoms with Crippen LogP contribution in [0.4, 0.5) is 36.7 Å². The van der Waals surface area contributed by atoms with Crippen molar-refractivity contribution >= 4 is 29.2 Å². The monoisotopic (exact) mass is 494 g/mol. The number of amides is 2. The Kier molecular flexibility index (Phi) is 5.31. The van der Waals surface area contributed by atoms with Gasteiger partial charge >= 0.3 is 6.03 Å². The molecule has 6 rings (SSSR count). The lowest BCUT2D eigenvalue weighted by Gasteiger charge is -2.35. The van der Waals surface area contributed by atoms with Crippen molar-refractivity contribution in [3.8, 4) is 17.1 Å². The third kappa shape index (κ3) is 4.01. The second kappa shape index (κ2) is 8.54. The first-order valence-electron chi connectivity index (χ1n) is 11.7. The fourth-order valence-electron chi connectivity index (χ4n) is 5.00. The Morgan fingerprint density at radius 2 is 2.03 bits per heavy atom. The lowest BCUT2D eigenvalue weighted by Crippen LogP contribution is -2.48. The largest absolute Gasteiger partial charge is 0.481 e. The third-order valence-corrected chi connectivity index (χ3v) is 6.79. The first-order chi connectivity index (χ1) is 17.4. The zero-order valence-corrected chi connectivity index (χ0v) is 19.6. The average molecular weight is 495 g/mol. The molecule has 36 heavy (non-hydrogen) atoms. The van der Waals surface area contributed by atoms with Gasteiger partial charge in [0, 0.05) is 43.9 Å². The summed E-state index contributed by atoms with van der Waals surface area (Å²) >= 11 is 0. The predicted molar refractivity (Wildman–Crippen MR) is 130 cm³/mol. The molecule has 2 saturated heterocycles. The molecule has 2 fully saturated rings. The van der Waals surface area contributed by atoms with Crippen LogP contribution in [0.5, 0.6) is 5.88 Å². The summed E-state index contributed by atoms with van der Waals surface area (Å²) in [4.78, 5) is 36.2. The van der Waals surface area contributed by atoms with Gasteiger partial charge in [-0.2, -0.15) is 0 Å². The van der Waals surface area contributed by atoms with Crippen LogP contribution in [0.1, 0.15) is 12.8 Å². The number of rotatable bonds is 4. The Hall–Kier alpha value is -4.09. The van der Waals surface area contributed by atoms with Crippen molar-refractivity contribution in [1.29, 1.82) is 0 Å². The average Bonchev–Trinajstić information content (AvgIpc) is 3.47. The molecule has 6 heterocycles. The van der Waals surface area contributed by atoms with Crippen LogP contribution in [0.2, 0.25) is 0 Å². The molecule has 12 heteroatoms. The molecular weight excluding hydrogens is 470 g/mol. The molecule has 0 saturated carbocycles. The maximum Gasteiger partial charge on any atom is 0.329 e. The Balaban J connectivity index is 1.32. The van der Waals surface area contributed by atoms with Gasteiger partial charge < -0.3 is 14.5 Å². The Morgan fingerprint density at radius 3 is 2.83 bits per heavy atom. The summed E-state index contributed by atoms with van der Waals surface area (Å²) in [6.45, 7) is 1.45. The van der Waals surface area contributed by atoms with Crippen molar-refractivity contribution in [2.75, 3.05) is 53.3 Å². The first kappa shape index (κ1) is 22.4. The van der Waals surface area contributed by atoms with E-state index in [9.17, 15) is 13.6 Å². The lowest BCUT2D eigenvalue weighted by molar-refractivity contribution is 0.0256. The van der Waals surface area contributed by atoms with E-state index in [0.29, 0.717) is 29.0 Å². The minimum absolute atomic E-state index is 0.0381. The quantitative estimate of drug-likeness (QED) is 0.589. The van der Waals surface area contributed by atoms with E-state index in [0.717, 1.165) is 30.8 Å². The van der Waals surface area contributed by atoms with Crippen LogP contribution in [-0.2, 0) is 0 Å². The summed E-state index contributed by atoms with van der Waals surface area (Å²) in [6.07, 6.45) is 3.55. The maximum absolute atomic E-state index is 13.7. The van der Waals surface area contributed by atoms with E-state index in [1.807, 2.05) is 12.1 Å². The molecule has 1 atom stereocenters. The molecule has 3 aromatic heterocycles. The van der Waals surface area contributed by atoms with Crippen molar-refractivity contribution in [2.45, 2.75) is 24.8 Å². The fraction of sp³-hybridized carbons (Fsp3) is 0.375. The zero-order valence-electron chi connectivity index (χ0n) is 19.6. The first-order valence-corrected chi connectivity index (χ1v) is 11.7. The number of carbonyl (C=O) groups is 1. The lowest BCUT2D eigenvalue weighted by atomic mass is 10.1. The van der Waals surface area contributed by atoms with E-state index >= 15 is 0 Å². The number of methoxy groups -OCH3 is 1. The number of pyridine rings is 2. The number of anilines is 4. The molecule has 2 bridgehead atoms. The van der Waals surface area contributed by atoms with E-state index in [4.69, 9.17) is 9.72 Å². The molecule has 10 nitrogen and oxygen atoms in total. The summed E-state index contributed by atoms with van der Waals surface area (Å²) in [6, 6.07) is 8.57. The molecule has 3 aliphatic heterocycles. The molecule has 0 aliphatic carbocycles. The van der Waals surface area contributed by atoms with Crippen molar-refractivity contribution in [1.82, 2.24) is 19.9 Å². The van der Waals surface area contributed by atoms with E-state index in [-0.39, 0.29) is 31.6 Å². The van der Waals surface area contributed by atoms with Gasteiger partial charge in [0.2, 0.25) is 5.88 Å². The Bertz CT molecular complexity index is 1320. The standard InChI is InChI=1S/C24H24F2N8O2/c1-36-21-11-19(28-14-29-21)31-23(35)34-16-5-8-32(12-16)18-3-2-17(30-22(18)34)15-4-7-27-20(10-15)33-9-6-24(25,26)13-33/h2-4,7,10-11,14,16H,5-6,8-9,12-13H2,1H3,(H,28,29,31,35)/t16-/m0/s1. The number of halogens is 2. The van der Waals surface area contributed by atoms with E-state index < -0.39 is 5.92 Å². The maximum atomic E-state index is 13.7. The van der Waals surface area contributed by atoms with Crippen LogP contribution in [0.3, 0.4) is 0 Å². The highest BCUT2D eigenvalue weighted by Crippen LogP contribution is 2.41. The summed E-state index contributed by atoms with van der Waals surface area (Å²) < 4.78 is 32.6. The molecule has 0 aromatic carbocycles. The molecule has 1 N–H and O–H groups in total. The van der Waals surface area contributed by atoms with Gasteiger partial charge in [-0.3, -0.25) is 10.2 Å². The van der Waals surface area contributed by atoms with Gasteiger partial charge in [0.1, 0.15) is 18.0 Å². The number of ether oxygens (including phenoxy) is 1. The highest BCUT2D eigenvalue weighted by atomic mass is 19.3. The van der Waals surface area contributed by atoms with Gasteiger partial charge in [-0.15, -0.1) is 0 Å². The van der Waals surface area contributed by atoms with Gasteiger partial charge in [-0.1, -0.05) is 0 Å². The zero-order chi connectivity index (χ0) is 24.9. The molecule has 2 amide bonds. The number of nitrogens with one attached hydrogen (secondary N) is 1. The third-order valence-electron chi connectivity index (χ3n) is 6.79. The van der Waals surface area contributed by atoms with Gasteiger partial charge in [0.25, 0.3) is 5.92 Å². The van der Waals surface area contributed by atoms with Crippen molar-refractivity contribution in [3.63, 3.8) is 0 Å². The van der Waals surface area contributed by atoms with Crippen LogP contribution in [0.15, 0.2) is 42.9 Å². The van der Waals surface area contributed by atoms with Crippen molar-refractivity contribution < 1.29 is 18.3 Å². The van der Waals surface area contributed by atoms with Crippen LogP contribution in [-0.4, -0.2) is 71.2 Å². The summed E-state index contributed by atoms with van der Waals surface area (Å²) in [5.41, 5.74) is 2.25. The molecule has 0 radical (unpaired) electrons. The van der Waals surface area contributed by atoms with Crippen molar-refractivity contribution in [2.24, 2.45) is 0 Å². The number of hydrogen-bond donors (Lipinski definition) is 1. The SMILES string of the molecule is COc1cc(NC(=O)N2c3nc(-c4ccnc(N5CCC(F)(F)C5)c4)ccc3N3CC[C@H]2C3)ncn1. The van der Waals surface area contributed by atoms with Gasteiger partial charge in [-0.05, 0) is 30.7 Å². The molecule has 186 valence electrons. The summed E-state index contributed by atoms with van der Waals surface area (Å²) in [7, 11) is 1.49. The number of urea groups is 1. The number of alkyl halides is 2. The van der Waals surface area contributed by atoms with Crippen LogP contribution in [0, 0.1) is 0 Å². The fourth-order valence-corrected chi connectivity index (χ4v) is 5.00. The van der Waals surface area contributed by atoms with E-state index in [1.54, 1.807) is 34.2 Å². The van der Waals surface area contributed by atoms with Gasteiger partial charge in [0.15, 0.2) is 5.82 Å². The van der Waals surface area contributed by atoms with E-state index in [1.165, 1.54) is 13.4 Å². The van der Waals surface area contributed by atoms with Gasteiger partial charge in [-0.25, -0.2) is 33.5 Å². The summed E-state index contributed by atoms with van der Waals surface area (Å²) in [5.74, 6) is -1.01. The van der Waals surface area contributed by atoms with Crippen LogP contribution in [0.25, 0.3) is 11.3 Å². The predicted octanol–water partition coefficient (Wildman–Crippen LogP) is 3.42. The normalized spacial score (nSPS) is 19.9. The molecular formula is C24H24F2N8O2. The second-order valence-electron chi connectivity index (χ2n) is 9.10. The number of nitrogens with zero attached hydrogens (tertiary/aromatic N) is 7. The minimum atomic E-state index is -2.71. The van der Waals surface area contributed by atoms with Crippen LogP contribution >= 0.6 is 0 Å². The highest BCUT2D eigenvalue weighted by molar-refractivity contribution is 6.04. The number of aromatic nitrogens is 4. The molecule has 3 aliphatic rings. The number of hydrogen-bond acceptors (Lipinski definition) is 8. The van der Waals surface area contributed by atoms with E-state index in [2.05, 4.69) is 25.2 Å². The van der Waals surface area contributed by atoms with Crippen LogP contribution < -0.4 is 24.8 Å². The van der Waals surface area contributed by atoms with Crippen molar-refractivity contribution in [3.05, 3.63) is 42.9 Å². The number of carbonyl (C=O) groups excluding carboxylic acids is 1. The minimum Gasteiger partial charge on any atom is -0.481 e. The Labute approximate surface area is 205 Å².